The van der Waals surface area contributed by atoms with E-state index in [0.717, 1.165) is 0 Å². The van der Waals surface area contributed by atoms with E-state index in [9.17, 15) is 9.59 Å². The van der Waals surface area contributed by atoms with Crippen molar-refractivity contribution >= 4 is 11.9 Å². The zero-order valence-corrected chi connectivity index (χ0v) is 9.51. The summed E-state index contributed by atoms with van der Waals surface area (Å²) in [4.78, 5) is 21.9. The number of Topliss-reactive ketones (excluding diaryl/α,β-unsaturated/α-hetero) is 1. The molecule has 0 saturated heterocycles. The molecule has 0 aliphatic carbocycles. The number of carbonyl (C=O) groups excluding carboxylic acids is 2. The van der Waals surface area contributed by atoms with Crippen molar-refractivity contribution in [3.05, 3.63) is 0 Å². The third-order valence-electron chi connectivity index (χ3n) is 1.36. The molecule has 1 amide bonds. The van der Waals surface area contributed by atoms with E-state index in [1.807, 2.05) is 0 Å². The third-order valence-corrected chi connectivity index (χ3v) is 1.36. The number of rotatable bonds is 3. The average molecular weight is 201 g/mol. The van der Waals surface area contributed by atoms with Gasteiger partial charge in [-0.3, -0.25) is 4.79 Å². The van der Waals surface area contributed by atoms with Crippen molar-refractivity contribution in [3.8, 4) is 0 Å². The molecule has 1 N–H and O–H groups in total. The lowest BCUT2D eigenvalue weighted by Gasteiger charge is -2.21. The molecule has 0 spiro atoms. The second-order valence-corrected chi connectivity index (χ2v) is 4.45. The fourth-order valence-corrected chi connectivity index (χ4v) is 0.991. The van der Waals surface area contributed by atoms with Crippen LogP contribution in [0.2, 0.25) is 0 Å². The van der Waals surface area contributed by atoms with Crippen LogP contribution in [-0.2, 0) is 9.53 Å². The van der Waals surface area contributed by atoms with Gasteiger partial charge in [0.15, 0.2) is 0 Å². The zero-order valence-electron chi connectivity index (χ0n) is 9.51. The SMILES string of the molecule is CC(=O)C[C@@H](C)NC(=O)OC(C)(C)C. The van der Waals surface area contributed by atoms with E-state index in [1.54, 1.807) is 27.7 Å². The fourth-order valence-electron chi connectivity index (χ4n) is 0.991. The minimum atomic E-state index is -0.500. The van der Waals surface area contributed by atoms with Crippen LogP contribution in [0.5, 0.6) is 0 Å². The van der Waals surface area contributed by atoms with Crippen LogP contribution in [0.3, 0.4) is 0 Å². The molecule has 0 rings (SSSR count). The first kappa shape index (κ1) is 12.9. The van der Waals surface area contributed by atoms with Crippen LogP contribution in [-0.4, -0.2) is 23.5 Å². The molecule has 0 aliphatic heterocycles. The number of ether oxygens (including phenoxy) is 1. The maximum Gasteiger partial charge on any atom is 0.407 e. The van der Waals surface area contributed by atoms with Gasteiger partial charge < -0.3 is 10.1 Å². The summed E-state index contributed by atoms with van der Waals surface area (Å²) in [5.41, 5.74) is -0.500. The number of amides is 1. The Morgan fingerprint density at radius 3 is 2.21 bits per heavy atom. The molecule has 0 bridgehead atoms. The number of hydrogen-bond acceptors (Lipinski definition) is 3. The monoisotopic (exact) mass is 201 g/mol. The predicted molar refractivity (Wildman–Crippen MR) is 54.1 cm³/mol. The van der Waals surface area contributed by atoms with Gasteiger partial charge in [0.25, 0.3) is 0 Å². The van der Waals surface area contributed by atoms with Crippen molar-refractivity contribution in [1.29, 1.82) is 0 Å². The average Bonchev–Trinajstić information content (AvgIpc) is 1.77. The van der Waals surface area contributed by atoms with Gasteiger partial charge in [-0.05, 0) is 34.6 Å². The van der Waals surface area contributed by atoms with Gasteiger partial charge in [0.2, 0.25) is 0 Å². The molecule has 0 aliphatic rings. The highest BCUT2D eigenvalue weighted by atomic mass is 16.6. The van der Waals surface area contributed by atoms with Gasteiger partial charge >= 0.3 is 6.09 Å². The first-order valence-electron chi connectivity index (χ1n) is 4.69. The van der Waals surface area contributed by atoms with Gasteiger partial charge in [-0.15, -0.1) is 0 Å². The van der Waals surface area contributed by atoms with Gasteiger partial charge in [0, 0.05) is 12.5 Å². The molecule has 4 nitrogen and oxygen atoms in total. The zero-order chi connectivity index (χ0) is 11.4. The maximum absolute atomic E-state index is 11.2. The Hall–Kier alpha value is -1.06. The van der Waals surface area contributed by atoms with Gasteiger partial charge in [0.1, 0.15) is 11.4 Å². The minimum Gasteiger partial charge on any atom is -0.444 e. The Balaban J connectivity index is 3.89. The van der Waals surface area contributed by atoms with Crippen LogP contribution in [0.4, 0.5) is 4.79 Å². The van der Waals surface area contributed by atoms with E-state index < -0.39 is 11.7 Å². The highest BCUT2D eigenvalue weighted by Gasteiger charge is 2.17. The standard InChI is InChI=1S/C10H19NO3/c1-7(6-8(2)12)11-9(13)14-10(3,4)5/h7H,6H2,1-5H3,(H,11,13)/t7-/m1/s1. The van der Waals surface area contributed by atoms with E-state index in [4.69, 9.17) is 4.74 Å². The Morgan fingerprint density at radius 2 is 1.86 bits per heavy atom. The third kappa shape index (κ3) is 7.58. The summed E-state index contributed by atoms with van der Waals surface area (Å²) in [6.07, 6.45) is -0.148. The van der Waals surface area contributed by atoms with Gasteiger partial charge in [-0.2, -0.15) is 0 Å². The highest BCUT2D eigenvalue weighted by molar-refractivity contribution is 5.77. The van der Waals surface area contributed by atoms with E-state index in [1.165, 1.54) is 6.92 Å². The minimum absolute atomic E-state index is 0.0496. The molecule has 0 saturated carbocycles. The summed E-state index contributed by atoms with van der Waals surface area (Å²) in [5, 5.41) is 2.59. The molecule has 0 heterocycles. The molecule has 4 heteroatoms. The fraction of sp³-hybridized carbons (Fsp3) is 0.800. The highest BCUT2D eigenvalue weighted by Crippen LogP contribution is 2.07. The smallest absolute Gasteiger partial charge is 0.407 e. The van der Waals surface area contributed by atoms with E-state index in [-0.39, 0.29) is 11.8 Å². The van der Waals surface area contributed by atoms with E-state index >= 15 is 0 Å². The van der Waals surface area contributed by atoms with Crippen LogP contribution >= 0.6 is 0 Å². The van der Waals surface area contributed by atoms with Crippen LogP contribution < -0.4 is 5.32 Å². The van der Waals surface area contributed by atoms with Gasteiger partial charge in [-0.25, -0.2) is 4.79 Å². The Morgan fingerprint density at radius 1 is 1.36 bits per heavy atom. The number of ketones is 1. The van der Waals surface area contributed by atoms with E-state index in [2.05, 4.69) is 5.32 Å². The lowest BCUT2D eigenvalue weighted by Crippen LogP contribution is -2.38. The quantitative estimate of drug-likeness (QED) is 0.758. The second-order valence-electron chi connectivity index (χ2n) is 4.45. The molecule has 0 aromatic carbocycles. The first-order valence-corrected chi connectivity index (χ1v) is 4.69. The van der Waals surface area contributed by atoms with Gasteiger partial charge in [-0.1, -0.05) is 0 Å². The lowest BCUT2D eigenvalue weighted by molar-refractivity contribution is -0.117. The van der Waals surface area contributed by atoms with Crippen molar-refractivity contribution in [2.24, 2.45) is 0 Å². The largest absolute Gasteiger partial charge is 0.444 e. The molecule has 0 aromatic heterocycles. The molecule has 1 atom stereocenters. The summed E-state index contributed by atoms with van der Waals surface area (Å²) in [6.45, 7) is 8.64. The van der Waals surface area contributed by atoms with Crippen molar-refractivity contribution in [1.82, 2.24) is 5.32 Å². The van der Waals surface area contributed by atoms with E-state index in [0.29, 0.717) is 6.42 Å². The molecule has 0 unspecified atom stereocenters. The molecule has 82 valence electrons. The lowest BCUT2D eigenvalue weighted by atomic mass is 10.2. The number of hydrogen-bond donors (Lipinski definition) is 1. The Bertz CT molecular complexity index is 218. The molecule has 0 radical (unpaired) electrons. The van der Waals surface area contributed by atoms with Crippen LogP contribution in [0.25, 0.3) is 0 Å². The van der Waals surface area contributed by atoms with Crippen LogP contribution in [0.15, 0.2) is 0 Å². The van der Waals surface area contributed by atoms with Crippen molar-refractivity contribution < 1.29 is 14.3 Å². The Kier molecular flexibility index (Phi) is 4.60. The van der Waals surface area contributed by atoms with Gasteiger partial charge in [0.05, 0.1) is 0 Å². The number of carbonyl (C=O) groups is 2. The summed E-state index contributed by atoms with van der Waals surface area (Å²) >= 11 is 0. The molecule has 0 fully saturated rings. The normalized spacial score (nSPS) is 13.2. The maximum atomic E-state index is 11.2. The second kappa shape index (κ2) is 4.98. The first-order chi connectivity index (χ1) is 6.20. The van der Waals surface area contributed by atoms with Crippen LogP contribution in [0, 0.1) is 0 Å². The Labute approximate surface area is 85.0 Å². The molecule has 0 aromatic rings. The number of nitrogens with one attached hydrogen (secondary N) is 1. The van der Waals surface area contributed by atoms with Crippen molar-refractivity contribution in [2.75, 3.05) is 0 Å². The topological polar surface area (TPSA) is 55.4 Å². The summed E-state index contributed by atoms with van der Waals surface area (Å²) in [6, 6.07) is -0.178. The summed E-state index contributed by atoms with van der Waals surface area (Å²) in [5.74, 6) is 0.0496. The summed E-state index contributed by atoms with van der Waals surface area (Å²) < 4.78 is 5.03. The van der Waals surface area contributed by atoms with Crippen molar-refractivity contribution in [3.63, 3.8) is 0 Å². The predicted octanol–water partition coefficient (Wildman–Crippen LogP) is 1.88. The summed E-state index contributed by atoms with van der Waals surface area (Å²) in [7, 11) is 0. The number of alkyl carbamates (subject to hydrolysis) is 1. The van der Waals surface area contributed by atoms with Crippen molar-refractivity contribution in [2.45, 2.75) is 52.7 Å². The molecular weight excluding hydrogens is 182 g/mol. The molecular formula is C10H19NO3. The van der Waals surface area contributed by atoms with Crippen LogP contribution in [0.1, 0.15) is 41.0 Å². The molecule has 14 heavy (non-hydrogen) atoms.